The highest BCUT2D eigenvalue weighted by Crippen LogP contribution is 2.34. The van der Waals surface area contributed by atoms with Gasteiger partial charge in [-0.3, -0.25) is 4.79 Å². The van der Waals surface area contributed by atoms with Gasteiger partial charge in [-0.1, -0.05) is 36.4 Å². The minimum atomic E-state index is -1.05. The molecule has 0 bridgehead atoms. The van der Waals surface area contributed by atoms with Crippen LogP contribution in [0.15, 0.2) is 75.9 Å². The highest BCUT2D eigenvalue weighted by Gasteiger charge is 2.27. The van der Waals surface area contributed by atoms with Crippen molar-refractivity contribution in [2.75, 3.05) is 27.4 Å². The van der Waals surface area contributed by atoms with E-state index in [0.29, 0.717) is 22.6 Å². The fourth-order valence-corrected chi connectivity index (χ4v) is 4.08. The van der Waals surface area contributed by atoms with E-state index in [-0.39, 0.29) is 41.3 Å². The second-order valence-electron chi connectivity index (χ2n) is 8.24. The van der Waals surface area contributed by atoms with Crippen molar-refractivity contribution in [1.82, 2.24) is 0 Å². The van der Waals surface area contributed by atoms with Gasteiger partial charge in [0, 0.05) is 11.6 Å². The van der Waals surface area contributed by atoms with E-state index in [1.54, 1.807) is 62.4 Å². The molecule has 9 nitrogen and oxygen atoms in total. The molecule has 0 aliphatic rings. The van der Waals surface area contributed by atoms with Gasteiger partial charge in [0.1, 0.15) is 11.3 Å². The minimum Gasteiger partial charge on any atom is -0.493 e. The molecule has 0 spiro atoms. The lowest BCUT2D eigenvalue weighted by Gasteiger charge is -2.18. The van der Waals surface area contributed by atoms with Crippen LogP contribution in [0.3, 0.4) is 0 Å². The van der Waals surface area contributed by atoms with Crippen molar-refractivity contribution in [2.24, 2.45) is 0 Å². The summed E-state index contributed by atoms with van der Waals surface area (Å²) in [6.07, 6.45) is -1.05. The Morgan fingerprint density at radius 2 is 1.56 bits per heavy atom. The first-order valence-corrected chi connectivity index (χ1v) is 12.3. The van der Waals surface area contributed by atoms with Crippen molar-refractivity contribution in [2.45, 2.75) is 20.0 Å². The summed E-state index contributed by atoms with van der Waals surface area (Å²) in [5, 5.41) is 0.201. The standard InChI is InChI=1S/C30H28O9/c1-5-36-29(32)27(18-10-8-7-9-11-18)38-20-13-14-21-23(17-20)39-28(30(33)37-6-2)25(26(21)31)19-12-15-22(34-3)24(16-19)35-4/h7-17,27H,5-6H2,1-4H3. The summed E-state index contributed by atoms with van der Waals surface area (Å²) in [5.41, 5.74) is 0.624. The Morgan fingerprint density at radius 3 is 2.23 bits per heavy atom. The number of esters is 2. The lowest BCUT2D eigenvalue weighted by molar-refractivity contribution is -0.151. The maximum atomic E-state index is 13.7. The van der Waals surface area contributed by atoms with Gasteiger partial charge in [-0.05, 0) is 43.7 Å². The van der Waals surface area contributed by atoms with Gasteiger partial charge in [0.25, 0.3) is 0 Å². The molecular formula is C30H28O9. The van der Waals surface area contributed by atoms with E-state index in [1.165, 1.54) is 26.4 Å². The number of rotatable bonds is 10. The minimum absolute atomic E-state index is 0.0178. The Kier molecular flexibility index (Phi) is 8.50. The van der Waals surface area contributed by atoms with Gasteiger partial charge in [-0.25, -0.2) is 9.59 Å². The first-order valence-electron chi connectivity index (χ1n) is 12.3. The van der Waals surface area contributed by atoms with Gasteiger partial charge in [0.05, 0.1) is 38.4 Å². The molecule has 0 aliphatic heterocycles. The summed E-state index contributed by atoms with van der Waals surface area (Å²) in [6.45, 7) is 3.61. The van der Waals surface area contributed by atoms with Crippen LogP contribution < -0.4 is 19.6 Å². The predicted octanol–water partition coefficient (Wildman–Crippen LogP) is 5.34. The number of benzene rings is 3. The van der Waals surface area contributed by atoms with E-state index < -0.39 is 23.5 Å². The molecule has 0 saturated heterocycles. The van der Waals surface area contributed by atoms with E-state index in [2.05, 4.69) is 0 Å². The molecule has 3 aromatic carbocycles. The maximum absolute atomic E-state index is 13.7. The predicted molar refractivity (Wildman–Crippen MR) is 143 cm³/mol. The molecule has 1 unspecified atom stereocenters. The molecule has 4 rings (SSSR count). The molecule has 1 aromatic heterocycles. The first kappa shape index (κ1) is 27.3. The molecule has 0 radical (unpaired) electrons. The van der Waals surface area contributed by atoms with E-state index >= 15 is 0 Å². The molecule has 202 valence electrons. The second kappa shape index (κ2) is 12.2. The maximum Gasteiger partial charge on any atom is 0.375 e. The van der Waals surface area contributed by atoms with Crippen molar-refractivity contribution in [3.05, 3.63) is 88.3 Å². The van der Waals surface area contributed by atoms with Crippen LogP contribution in [0, 0.1) is 0 Å². The lowest BCUT2D eigenvalue weighted by Crippen LogP contribution is -2.21. The lowest BCUT2D eigenvalue weighted by atomic mass is 10.0. The van der Waals surface area contributed by atoms with Crippen LogP contribution in [0.2, 0.25) is 0 Å². The second-order valence-corrected chi connectivity index (χ2v) is 8.24. The van der Waals surface area contributed by atoms with E-state index in [1.807, 2.05) is 6.07 Å². The van der Waals surface area contributed by atoms with Crippen molar-refractivity contribution >= 4 is 22.9 Å². The number of hydrogen-bond donors (Lipinski definition) is 0. The van der Waals surface area contributed by atoms with Crippen molar-refractivity contribution in [3.63, 3.8) is 0 Å². The summed E-state index contributed by atoms with van der Waals surface area (Å²) < 4.78 is 33.0. The SMILES string of the molecule is CCOC(=O)c1oc2cc(OC(C(=O)OCC)c3ccccc3)ccc2c(=O)c1-c1ccc(OC)c(OC)c1. The fourth-order valence-electron chi connectivity index (χ4n) is 4.08. The first-order chi connectivity index (χ1) is 18.9. The van der Waals surface area contributed by atoms with Crippen LogP contribution in [0.5, 0.6) is 17.2 Å². The van der Waals surface area contributed by atoms with Crippen LogP contribution in [0.25, 0.3) is 22.1 Å². The Labute approximate surface area is 224 Å². The van der Waals surface area contributed by atoms with Gasteiger partial charge in [0.2, 0.25) is 17.3 Å². The van der Waals surface area contributed by atoms with Gasteiger partial charge >= 0.3 is 11.9 Å². The summed E-state index contributed by atoms with van der Waals surface area (Å²) in [7, 11) is 2.97. The third-order valence-electron chi connectivity index (χ3n) is 5.85. The monoisotopic (exact) mass is 532 g/mol. The number of ether oxygens (including phenoxy) is 5. The molecule has 4 aromatic rings. The van der Waals surface area contributed by atoms with Crippen LogP contribution in [-0.4, -0.2) is 39.4 Å². The summed E-state index contributed by atoms with van der Waals surface area (Å²) >= 11 is 0. The number of fused-ring (bicyclic) bond motifs is 1. The number of hydrogen-bond acceptors (Lipinski definition) is 9. The number of carbonyl (C=O) groups excluding carboxylic acids is 2. The molecule has 0 amide bonds. The molecule has 1 heterocycles. The van der Waals surface area contributed by atoms with Gasteiger partial charge in [0.15, 0.2) is 11.5 Å². The molecule has 1 atom stereocenters. The smallest absolute Gasteiger partial charge is 0.375 e. The van der Waals surface area contributed by atoms with E-state index in [0.717, 1.165) is 0 Å². The quantitative estimate of drug-likeness (QED) is 0.250. The largest absolute Gasteiger partial charge is 0.493 e. The average molecular weight is 533 g/mol. The van der Waals surface area contributed by atoms with Crippen molar-refractivity contribution in [1.29, 1.82) is 0 Å². The Balaban J connectivity index is 1.84. The summed E-state index contributed by atoms with van der Waals surface area (Å²) in [6, 6.07) is 18.2. The third-order valence-corrected chi connectivity index (χ3v) is 5.85. The zero-order valence-electron chi connectivity index (χ0n) is 22.0. The van der Waals surface area contributed by atoms with Gasteiger partial charge in [-0.15, -0.1) is 0 Å². The van der Waals surface area contributed by atoms with Crippen LogP contribution in [0.4, 0.5) is 0 Å². The normalized spacial score (nSPS) is 11.5. The Bertz CT molecular complexity index is 1540. The van der Waals surface area contributed by atoms with Crippen molar-refractivity contribution in [3.8, 4) is 28.4 Å². The topological polar surface area (TPSA) is 111 Å². The zero-order chi connectivity index (χ0) is 27.9. The Morgan fingerprint density at radius 1 is 0.846 bits per heavy atom. The highest BCUT2D eigenvalue weighted by atomic mass is 16.6. The van der Waals surface area contributed by atoms with E-state index in [9.17, 15) is 14.4 Å². The molecular weight excluding hydrogens is 504 g/mol. The number of methoxy groups -OCH3 is 2. The molecule has 0 N–H and O–H groups in total. The molecule has 0 aliphatic carbocycles. The van der Waals surface area contributed by atoms with Crippen LogP contribution in [-0.2, 0) is 14.3 Å². The average Bonchev–Trinajstić information content (AvgIpc) is 2.96. The number of carbonyl (C=O) groups is 2. The molecule has 0 saturated carbocycles. The molecule has 39 heavy (non-hydrogen) atoms. The van der Waals surface area contributed by atoms with Crippen LogP contribution >= 0.6 is 0 Å². The molecule has 0 fully saturated rings. The zero-order valence-corrected chi connectivity index (χ0v) is 22.0. The third kappa shape index (κ3) is 5.72. The van der Waals surface area contributed by atoms with E-state index in [4.69, 9.17) is 28.1 Å². The van der Waals surface area contributed by atoms with Crippen molar-refractivity contribution < 1.29 is 37.7 Å². The summed E-state index contributed by atoms with van der Waals surface area (Å²) in [5.74, 6) is -0.577. The highest BCUT2D eigenvalue weighted by molar-refractivity contribution is 5.98. The Hall–Kier alpha value is -4.79. The van der Waals surface area contributed by atoms with Gasteiger partial charge in [-0.2, -0.15) is 0 Å². The fraction of sp³-hybridized carbons (Fsp3) is 0.233. The van der Waals surface area contributed by atoms with Gasteiger partial charge < -0.3 is 28.1 Å². The summed E-state index contributed by atoms with van der Waals surface area (Å²) in [4.78, 5) is 39.3. The molecule has 9 heteroatoms. The van der Waals surface area contributed by atoms with Crippen LogP contribution in [0.1, 0.15) is 36.1 Å².